The van der Waals surface area contributed by atoms with Gasteiger partial charge in [0.1, 0.15) is 0 Å². The van der Waals surface area contributed by atoms with Crippen molar-refractivity contribution in [1.29, 1.82) is 0 Å². The van der Waals surface area contributed by atoms with Gasteiger partial charge in [0.15, 0.2) is 0 Å². The highest BCUT2D eigenvalue weighted by Crippen LogP contribution is 2.20. The van der Waals surface area contributed by atoms with Crippen LogP contribution >= 0.6 is 0 Å². The number of non-ortho nitro benzene ring substituents is 1. The van der Waals surface area contributed by atoms with Crippen molar-refractivity contribution < 1.29 is 14.8 Å². The number of carboxylic acids is 1. The Bertz CT molecular complexity index is 590. The van der Waals surface area contributed by atoms with Gasteiger partial charge < -0.3 is 5.11 Å². The molecule has 7 nitrogen and oxygen atoms in total. The van der Waals surface area contributed by atoms with Crippen LogP contribution < -0.4 is 0 Å². The van der Waals surface area contributed by atoms with E-state index in [9.17, 15) is 14.9 Å². The number of rotatable bonds is 4. The fourth-order valence-electron chi connectivity index (χ4n) is 1.55. The van der Waals surface area contributed by atoms with Crippen LogP contribution in [0.25, 0.3) is 10.9 Å². The molecule has 0 unspecified atom stereocenters. The average molecular weight is 235 g/mol. The van der Waals surface area contributed by atoms with Gasteiger partial charge in [0.25, 0.3) is 5.69 Å². The molecule has 0 fully saturated rings. The summed E-state index contributed by atoms with van der Waals surface area (Å²) in [4.78, 5) is 20.6. The Morgan fingerprint density at radius 3 is 2.94 bits per heavy atom. The molecular formula is C10H9N3O4. The second kappa shape index (κ2) is 4.20. The normalized spacial score (nSPS) is 10.6. The van der Waals surface area contributed by atoms with Crippen molar-refractivity contribution in [3.63, 3.8) is 0 Å². The molecule has 0 aliphatic rings. The molecule has 0 saturated heterocycles. The van der Waals surface area contributed by atoms with Gasteiger partial charge in [-0.3, -0.25) is 19.6 Å². The number of nitro benzene ring substituents is 1. The van der Waals surface area contributed by atoms with Crippen LogP contribution in [-0.2, 0) is 11.3 Å². The second-order valence-corrected chi connectivity index (χ2v) is 3.51. The summed E-state index contributed by atoms with van der Waals surface area (Å²) in [6, 6.07) is 4.38. The van der Waals surface area contributed by atoms with Crippen molar-refractivity contribution in [2.75, 3.05) is 0 Å². The maximum absolute atomic E-state index is 10.6. The van der Waals surface area contributed by atoms with Crippen LogP contribution in [0.3, 0.4) is 0 Å². The van der Waals surface area contributed by atoms with Crippen molar-refractivity contribution in [2.24, 2.45) is 0 Å². The van der Waals surface area contributed by atoms with Crippen LogP contribution in [0, 0.1) is 10.1 Å². The van der Waals surface area contributed by atoms with E-state index in [4.69, 9.17) is 5.11 Å². The molecule has 1 N–H and O–H groups in total. The molecule has 0 radical (unpaired) electrons. The van der Waals surface area contributed by atoms with Crippen molar-refractivity contribution in [3.05, 3.63) is 34.5 Å². The van der Waals surface area contributed by atoms with Gasteiger partial charge in [0.2, 0.25) is 0 Å². The van der Waals surface area contributed by atoms with Crippen LogP contribution in [0.2, 0.25) is 0 Å². The zero-order chi connectivity index (χ0) is 12.4. The molecule has 88 valence electrons. The van der Waals surface area contributed by atoms with E-state index in [2.05, 4.69) is 5.10 Å². The number of nitro groups is 1. The Kier molecular flexibility index (Phi) is 2.73. The summed E-state index contributed by atoms with van der Waals surface area (Å²) in [6.07, 6.45) is 1.49. The van der Waals surface area contributed by atoms with E-state index in [0.717, 1.165) is 5.39 Å². The summed E-state index contributed by atoms with van der Waals surface area (Å²) in [6.45, 7) is 0.194. The molecule has 1 heterocycles. The summed E-state index contributed by atoms with van der Waals surface area (Å²) in [5.41, 5.74) is 0.537. The molecule has 0 aliphatic carbocycles. The average Bonchev–Trinajstić information content (AvgIpc) is 2.68. The smallest absolute Gasteiger partial charge is 0.305 e. The van der Waals surface area contributed by atoms with Gasteiger partial charge in [-0.2, -0.15) is 5.10 Å². The number of benzene rings is 1. The zero-order valence-corrected chi connectivity index (χ0v) is 8.74. The summed E-state index contributed by atoms with van der Waals surface area (Å²) in [7, 11) is 0. The standard InChI is InChI=1S/C10H9N3O4/c14-10(15)3-4-12-9-5-8(13(16)17)2-1-7(9)6-11-12/h1-2,5-6H,3-4H2,(H,14,15). The molecule has 0 saturated carbocycles. The Labute approximate surface area is 95.4 Å². The predicted octanol–water partition coefficient (Wildman–Crippen LogP) is 1.42. The number of hydrogen-bond acceptors (Lipinski definition) is 4. The molecule has 7 heteroatoms. The van der Waals surface area contributed by atoms with Gasteiger partial charge in [-0.15, -0.1) is 0 Å². The topological polar surface area (TPSA) is 98.3 Å². The van der Waals surface area contributed by atoms with Gasteiger partial charge in [-0.05, 0) is 6.07 Å². The first-order valence-corrected chi connectivity index (χ1v) is 4.89. The highest BCUT2D eigenvalue weighted by molar-refractivity contribution is 5.81. The van der Waals surface area contributed by atoms with Crippen molar-refractivity contribution >= 4 is 22.6 Å². The van der Waals surface area contributed by atoms with E-state index in [1.807, 2.05) is 0 Å². The minimum atomic E-state index is -0.931. The molecule has 0 atom stereocenters. The van der Waals surface area contributed by atoms with E-state index in [1.165, 1.54) is 16.8 Å². The predicted molar refractivity (Wildman–Crippen MR) is 58.6 cm³/mol. The van der Waals surface area contributed by atoms with E-state index in [1.54, 1.807) is 12.3 Å². The number of fused-ring (bicyclic) bond motifs is 1. The lowest BCUT2D eigenvalue weighted by Crippen LogP contribution is -2.05. The first-order valence-electron chi connectivity index (χ1n) is 4.89. The molecule has 2 aromatic rings. The summed E-state index contributed by atoms with van der Waals surface area (Å²) < 4.78 is 1.45. The number of hydrogen-bond donors (Lipinski definition) is 1. The fourth-order valence-corrected chi connectivity index (χ4v) is 1.55. The number of aryl methyl sites for hydroxylation is 1. The lowest BCUT2D eigenvalue weighted by atomic mass is 10.2. The molecular weight excluding hydrogens is 226 g/mol. The zero-order valence-electron chi connectivity index (χ0n) is 8.74. The molecule has 0 bridgehead atoms. The number of aromatic nitrogens is 2. The molecule has 1 aromatic carbocycles. The molecule has 17 heavy (non-hydrogen) atoms. The SMILES string of the molecule is O=C(O)CCn1ncc2ccc([N+](=O)[O-])cc21. The molecule has 2 rings (SSSR count). The Hall–Kier alpha value is -2.44. The maximum Gasteiger partial charge on any atom is 0.305 e. The van der Waals surface area contributed by atoms with E-state index in [0.29, 0.717) is 5.52 Å². The summed E-state index contributed by atoms with van der Waals surface area (Å²) >= 11 is 0. The monoisotopic (exact) mass is 235 g/mol. The number of carbonyl (C=O) groups is 1. The van der Waals surface area contributed by atoms with E-state index >= 15 is 0 Å². The van der Waals surface area contributed by atoms with Crippen LogP contribution in [0.1, 0.15) is 6.42 Å². The first-order chi connectivity index (χ1) is 8.08. The number of nitrogens with zero attached hydrogens (tertiary/aromatic N) is 3. The van der Waals surface area contributed by atoms with Gasteiger partial charge in [-0.1, -0.05) is 0 Å². The summed E-state index contributed by atoms with van der Waals surface area (Å²) in [5, 5.41) is 24.0. The lowest BCUT2D eigenvalue weighted by Gasteiger charge is -2.00. The number of aliphatic carboxylic acids is 1. The van der Waals surface area contributed by atoms with Crippen molar-refractivity contribution in [3.8, 4) is 0 Å². The molecule has 0 aliphatic heterocycles. The Morgan fingerprint density at radius 2 is 2.29 bits per heavy atom. The molecule has 1 aromatic heterocycles. The van der Waals surface area contributed by atoms with Crippen LogP contribution in [0.4, 0.5) is 5.69 Å². The maximum atomic E-state index is 10.6. The quantitative estimate of drug-likeness (QED) is 0.638. The Balaban J connectivity index is 2.39. The minimum Gasteiger partial charge on any atom is -0.481 e. The highest BCUT2D eigenvalue weighted by Gasteiger charge is 2.10. The summed E-state index contributed by atoms with van der Waals surface area (Å²) in [5.74, 6) is -0.931. The third-order valence-electron chi connectivity index (χ3n) is 2.38. The molecule has 0 spiro atoms. The van der Waals surface area contributed by atoms with Gasteiger partial charge in [0, 0.05) is 17.5 Å². The van der Waals surface area contributed by atoms with Crippen LogP contribution in [0.15, 0.2) is 24.4 Å². The number of carboxylic acid groups (broad SMARTS) is 1. The lowest BCUT2D eigenvalue weighted by molar-refractivity contribution is -0.384. The van der Waals surface area contributed by atoms with Gasteiger partial charge >= 0.3 is 5.97 Å². The van der Waals surface area contributed by atoms with Gasteiger partial charge in [-0.25, -0.2) is 0 Å². The molecule has 0 amide bonds. The van der Waals surface area contributed by atoms with Crippen molar-refractivity contribution in [2.45, 2.75) is 13.0 Å². The van der Waals surface area contributed by atoms with E-state index in [-0.39, 0.29) is 18.7 Å². The highest BCUT2D eigenvalue weighted by atomic mass is 16.6. The Morgan fingerprint density at radius 1 is 1.53 bits per heavy atom. The minimum absolute atomic E-state index is 0.0328. The largest absolute Gasteiger partial charge is 0.481 e. The fraction of sp³-hybridized carbons (Fsp3) is 0.200. The van der Waals surface area contributed by atoms with Gasteiger partial charge in [0.05, 0.1) is 29.6 Å². The third kappa shape index (κ3) is 2.22. The van der Waals surface area contributed by atoms with Crippen LogP contribution in [-0.4, -0.2) is 25.8 Å². The van der Waals surface area contributed by atoms with Crippen LogP contribution in [0.5, 0.6) is 0 Å². The second-order valence-electron chi connectivity index (χ2n) is 3.51. The van der Waals surface area contributed by atoms with E-state index < -0.39 is 10.9 Å². The third-order valence-corrected chi connectivity index (χ3v) is 2.38. The van der Waals surface area contributed by atoms with Crippen molar-refractivity contribution in [1.82, 2.24) is 9.78 Å². The first kappa shape index (κ1) is 11.1.